The normalized spacial score (nSPS) is 11.4. The van der Waals surface area contributed by atoms with Crippen molar-refractivity contribution in [2.75, 3.05) is 0 Å². The molecule has 6 nitrogen and oxygen atoms in total. The second kappa shape index (κ2) is 5.85. The molecule has 0 aliphatic carbocycles. The molecule has 0 radical (unpaired) electrons. The van der Waals surface area contributed by atoms with Crippen LogP contribution in [0.2, 0.25) is 0 Å². The highest BCUT2D eigenvalue weighted by molar-refractivity contribution is 9.10. The van der Waals surface area contributed by atoms with Crippen molar-refractivity contribution in [3.8, 4) is 11.4 Å². The molecule has 0 fully saturated rings. The summed E-state index contributed by atoms with van der Waals surface area (Å²) in [6.45, 7) is 0. The minimum Gasteiger partial charge on any atom is -0.276 e. The van der Waals surface area contributed by atoms with E-state index in [1.165, 1.54) is 12.1 Å². The summed E-state index contributed by atoms with van der Waals surface area (Å²) < 4.78 is 2.96. The fourth-order valence-electron chi connectivity index (χ4n) is 3.30. The summed E-state index contributed by atoms with van der Waals surface area (Å²) in [5.41, 5.74) is 4.27. The van der Waals surface area contributed by atoms with Crippen LogP contribution in [-0.4, -0.2) is 19.3 Å². The molecule has 2 aromatic heterocycles. The third kappa shape index (κ3) is 2.47. The average Bonchev–Trinajstić information content (AvgIpc) is 3.07. The Labute approximate surface area is 161 Å². The first-order valence-electron chi connectivity index (χ1n) is 8.23. The van der Waals surface area contributed by atoms with Crippen molar-refractivity contribution in [3.63, 3.8) is 0 Å². The fraction of sp³-hybridized carbons (Fsp3) is 0. The molecule has 3 aromatic carbocycles. The molecule has 5 aromatic rings. The summed E-state index contributed by atoms with van der Waals surface area (Å²) in [5, 5.41) is 11.9. The number of non-ortho nitro benzene ring substituents is 1. The van der Waals surface area contributed by atoms with Crippen LogP contribution in [0.1, 0.15) is 0 Å². The Hall–Kier alpha value is -3.32. The summed E-state index contributed by atoms with van der Waals surface area (Å²) in [4.78, 5) is 20.2. The van der Waals surface area contributed by atoms with Crippen LogP contribution >= 0.6 is 15.9 Å². The number of hydrogen-bond acceptors (Lipinski definition) is 4. The van der Waals surface area contributed by atoms with E-state index in [1.54, 1.807) is 12.1 Å². The van der Waals surface area contributed by atoms with Gasteiger partial charge in [-0.15, -0.1) is 0 Å². The van der Waals surface area contributed by atoms with Crippen molar-refractivity contribution in [2.24, 2.45) is 0 Å². The van der Waals surface area contributed by atoms with Gasteiger partial charge in [0, 0.05) is 27.6 Å². The van der Waals surface area contributed by atoms with Gasteiger partial charge in [-0.1, -0.05) is 28.1 Å². The van der Waals surface area contributed by atoms with Gasteiger partial charge in [-0.2, -0.15) is 0 Å². The first kappa shape index (κ1) is 15.9. The minimum absolute atomic E-state index is 0.0511. The molecule has 0 spiro atoms. The van der Waals surface area contributed by atoms with E-state index in [2.05, 4.69) is 15.9 Å². The molecule has 0 N–H and O–H groups in total. The molecule has 0 aliphatic heterocycles. The largest absolute Gasteiger partial charge is 0.276 e. The van der Waals surface area contributed by atoms with Crippen molar-refractivity contribution < 1.29 is 4.92 Å². The van der Waals surface area contributed by atoms with Gasteiger partial charge in [0.15, 0.2) is 0 Å². The first-order chi connectivity index (χ1) is 13.1. The Bertz CT molecular complexity index is 1360. The van der Waals surface area contributed by atoms with Gasteiger partial charge in [0.2, 0.25) is 0 Å². The number of hydrogen-bond donors (Lipinski definition) is 0. The van der Waals surface area contributed by atoms with Gasteiger partial charge in [-0.05, 0) is 42.5 Å². The Kier molecular flexibility index (Phi) is 3.45. The number of nitro groups is 1. The molecule has 0 bridgehead atoms. The Morgan fingerprint density at radius 1 is 0.926 bits per heavy atom. The lowest BCUT2D eigenvalue weighted by Gasteiger charge is -2.09. The number of nitrogens with zero attached hydrogens (tertiary/aromatic N) is 4. The zero-order valence-corrected chi connectivity index (χ0v) is 15.4. The van der Waals surface area contributed by atoms with Gasteiger partial charge in [-0.25, -0.2) is 9.97 Å². The number of nitro benzene ring substituents is 1. The van der Waals surface area contributed by atoms with Crippen molar-refractivity contribution in [1.29, 1.82) is 0 Å². The van der Waals surface area contributed by atoms with E-state index in [0.29, 0.717) is 5.82 Å². The maximum absolute atomic E-state index is 11.0. The van der Waals surface area contributed by atoms with Crippen LogP contribution in [0.15, 0.2) is 71.2 Å². The van der Waals surface area contributed by atoms with E-state index in [9.17, 15) is 10.1 Å². The van der Waals surface area contributed by atoms with Gasteiger partial charge in [0.05, 0.1) is 21.5 Å². The number of para-hydroxylation sites is 2. The van der Waals surface area contributed by atoms with Crippen LogP contribution in [-0.2, 0) is 0 Å². The number of rotatable bonds is 2. The van der Waals surface area contributed by atoms with Crippen LogP contribution in [0.3, 0.4) is 0 Å². The molecule has 0 aliphatic rings. The van der Waals surface area contributed by atoms with Crippen LogP contribution < -0.4 is 0 Å². The maximum Gasteiger partial charge on any atom is 0.269 e. The van der Waals surface area contributed by atoms with E-state index in [1.807, 2.05) is 46.9 Å². The van der Waals surface area contributed by atoms with E-state index in [4.69, 9.17) is 9.97 Å². The lowest BCUT2D eigenvalue weighted by molar-refractivity contribution is -0.384. The second-order valence-corrected chi connectivity index (χ2v) is 7.08. The minimum atomic E-state index is -0.405. The maximum atomic E-state index is 11.0. The highest BCUT2D eigenvalue weighted by Gasteiger charge is 2.16. The molecular weight excluding hydrogens is 408 g/mol. The molecule has 5 rings (SSSR count). The number of aromatic nitrogens is 3. The molecule has 2 heterocycles. The molecular formula is C20H11BrN4O2. The summed E-state index contributed by atoms with van der Waals surface area (Å²) >= 11 is 3.52. The summed E-state index contributed by atoms with van der Waals surface area (Å²) in [7, 11) is 0. The van der Waals surface area contributed by atoms with Crippen molar-refractivity contribution in [3.05, 3.63) is 81.3 Å². The van der Waals surface area contributed by atoms with Gasteiger partial charge in [0.25, 0.3) is 5.69 Å². The topological polar surface area (TPSA) is 73.3 Å². The van der Waals surface area contributed by atoms with Crippen LogP contribution in [0.5, 0.6) is 0 Å². The molecule has 7 heteroatoms. The quantitative estimate of drug-likeness (QED) is 0.285. The Morgan fingerprint density at radius 3 is 2.48 bits per heavy atom. The monoisotopic (exact) mass is 418 g/mol. The van der Waals surface area contributed by atoms with Crippen LogP contribution in [0.4, 0.5) is 5.69 Å². The standard InChI is InChI=1S/C20H11BrN4O2/c21-13-7-10-16-15(11-13)20-23-17-3-1-2-4-18(17)24(20)19(22-16)12-5-8-14(9-6-12)25(26)27/h1-11H. The number of imidazole rings is 1. The van der Waals surface area contributed by atoms with Crippen LogP contribution in [0, 0.1) is 10.1 Å². The van der Waals surface area contributed by atoms with Crippen LogP contribution in [0.25, 0.3) is 39.0 Å². The van der Waals surface area contributed by atoms with Gasteiger partial charge < -0.3 is 0 Å². The zero-order chi connectivity index (χ0) is 18.5. The average molecular weight is 419 g/mol. The summed E-state index contributed by atoms with van der Waals surface area (Å²) in [5.74, 6) is 0.698. The molecule has 0 amide bonds. The van der Waals surface area contributed by atoms with Gasteiger partial charge >= 0.3 is 0 Å². The van der Waals surface area contributed by atoms with Crippen molar-refractivity contribution in [1.82, 2.24) is 14.4 Å². The summed E-state index contributed by atoms with van der Waals surface area (Å²) in [6, 6.07) is 20.2. The third-order valence-electron chi connectivity index (χ3n) is 4.53. The number of fused-ring (bicyclic) bond motifs is 5. The molecule has 0 saturated carbocycles. The number of halogens is 1. The zero-order valence-electron chi connectivity index (χ0n) is 13.8. The fourth-order valence-corrected chi connectivity index (χ4v) is 3.66. The lowest BCUT2D eigenvalue weighted by Crippen LogP contribution is -1.98. The molecule has 0 unspecified atom stereocenters. The molecule has 130 valence electrons. The summed E-state index contributed by atoms with van der Waals surface area (Å²) in [6.07, 6.45) is 0. The van der Waals surface area contributed by atoms with E-state index in [0.717, 1.165) is 37.6 Å². The van der Waals surface area contributed by atoms with Crippen molar-refractivity contribution in [2.45, 2.75) is 0 Å². The predicted octanol–water partition coefficient (Wildman–Crippen LogP) is 5.37. The highest BCUT2D eigenvalue weighted by Crippen LogP contribution is 2.31. The molecule has 0 saturated heterocycles. The SMILES string of the molecule is O=[N+]([O-])c1ccc(-c2nc3ccc(Br)cc3c3nc4ccccc4n23)cc1. The van der Waals surface area contributed by atoms with Crippen molar-refractivity contribution >= 4 is 49.2 Å². The first-order valence-corrected chi connectivity index (χ1v) is 9.02. The van der Waals surface area contributed by atoms with E-state index >= 15 is 0 Å². The molecule has 0 atom stereocenters. The Morgan fingerprint density at radius 2 is 1.70 bits per heavy atom. The number of benzene rings is 3. The predicted molar refractivity (Wildman–Crippen MR) is 108 cm³/mol. The Balaban J connectivity index is 1.92. The van der Waals surface area contributed by atoms with Gasteiger partial charge in [-0.3, -0.25) is 14.5 Å². The third-order valence-corrected chi connectivity index (χ3v) is 5.03. The highest BCUT2D eigenvalue weighted by atomic mass is 79.9. The molecule has 27 heavy (non-hydrogen) atoms. The van der Waals surface area contributed by atoms with E-state index < -0.39 is 4.92 Å². The van der Waals surface area contributed by atoms with E-state index in [-0.39, 0.29) is 5.69 Å². The van der Waals surface area contributed by atoms with Gasteiger partial charge in [0.1, 0.15) is 11.5 Å². The smallest absolute Gasteiger partial charge is 0.269 e. The second-order valence-electron chi connectivity index (χ2n) is 6.16. The lowest BCUT2D eigenvalue weighted by atomic mass is 10.1.